The molecule has 2 aliphatic heterocycles. The molecule has 2 fully saturated rings. The van der Waals surface area contributed by atoms with Crippen molar-refractivity contribution in [2.24, 2.45) is 0 Å². The predicted octanol–water partition coefficient (Wildman–Crippen LogP) is 1.27. The highest BCUT2D eigenvalue weighted by atomic mass is 32.2. The molecule has 1 aromatic heterocycles. The van der Waals surface area contributed by atoms with Gasteiger partial charge in [0.1, 0.15) is 0 Å². The number of aromatic nitrogens is 1. The molecule has 1 spiro atoms. The third-order valence-electron chi connectivity index (χ3n) is 4.68. The first-order chi connectivity index (χ1) is 13.9. The van der Waals surface area contributed by atoms with E-state index >= 15 is 0 Å². The fraction of sp³-hybridized carbons (Fsp3) is 0.647. The largest absolute Gasteiger partial charge is 0.490 e. The third-order valence-corrected chi connectivity index (χ3v) is 6.57. The highest BCUT2D eigenvalue weighted by Crippen LogP contribution is 2.37. The summed E-state index contributed by atoms with van der Waals surface area (Å²) in [6.07, 6.45) is -1.92. The van der Waals surface area contributed by atoms with Gasteiger partial charge in [-0.1, -0.05) is 6.07 Å². The van der Waals surface area contributed by atoms with Crippen molar-refractivity contribution in [2.45, 2.75) is 37.3 Å². The van der Waals surface area contributed by atoms with Gasteiger partial charge in [0.15, 0.2) is 0 Å². The average molecular weight is 455 g/mol. The molecular formula is C17H24F3N3O6S. The average Bonchev–Trinajstić information content (AvgIpc) is 3.28. The van der Waals surface area contributed by atoms with Crippen LogP contribution in [-0.2, 0) is 31.1 Å². The summed E-state index contributed by atoms with van der Waals surface area (Å²) in [6, 6.07) is 5.72. The molecule has 0 saturated carbocycles. The Balaban J connectivity index is 0.000000396. The molecule has 3 heterocycles. The highest BCUT2D eigenvalue weighted by Gasteiger charge is 2.49. The molecule has 0 unspecified atom stereocenters. The van der Waals surface area contributed by atoms with Crippen LogP contribution in [0.3, 0.4) is 0 Å². The Bertz CT molecular complexity index is 822. The Kier molecular flexibility index (Phi) is 7.80. The Morgan fingerprint density at radius 2 is 2.10 bits per heavy atom. The zero-order valence-corrected chi connectivity index (χ0v) is 17.3. The summed E-state index contributed by atoms with van der Waals surface area (Å²) in [5.41, 5.74) is 0.481. The van der Waals surface area contributed by atoms with Crippen LogP contribution < -0.4 is 0 Å². The number of ether oxygens (including phenoxy) is 2. The zero-order chi connectivity index (χ0) is 22.6. The Labute approximate surface area is 172 Å². The van der Waals surface area contributed by atoms with Crippen LogP contribution in [0.15, 0.2) is 24.4 Å². The van der Waals surface area contributed by atoms with E-state index in [2.05, 4.69) is 4.98 Å². The normalized spacial score (nSPS) is 24.8. The number of alkyl halides is 3. The van der Waals surface area contributed by atoms with Gasteiger partial charge in [0, 0.05) is 39.8 Å². The second-order valence-corrected chi connectivity index (χ2v) is 9.27. The zero-order valence-electron chi connectivity index (χ0n) is 16.5. The van der Waals surface area contributed by atoms with Crippen molar-refractivity contribution in [1.82, 2.24) is 13.6 Å². The van der Waals surface area contributed by atoms with Gasteiger partial charge in [-0.15, -0.1) is 0 Å². The van der Waals surface area contributed by atoms with Crippen molar-refractivity contribution < 1.29 is 41.0 Å². The maximum atomic E-state index is 12.2. The summed E-state index contributed by atoms with van der Waals surface area (Å²) >= 11 is 0. The van der Waals surface area contributed by atoms with Crippen LogP contribution >= 0.6 is 0 Å². The molecule has 2 saturated heterocycles. The first kappa shape index (κ1) is 24.5. The van der Waals surface area contributed by atoms with E-state index < -0.39 is 28.0 Å². The number of carboxylic acid groups (broad SMARTS) is 1. The first-order valence-electron chi connectivity index (χ1n) is 8.99. The van der Waals surface area contributed by atoms with Gasteiger partial charge in [0.05, 0.1) is 30.6 Å². The summed E-state index contributed by atoms with van der Waals surface area (Å²) < 4.78 is 70.7. The first-order valence-corrected chi connectivity index (χ1v) is 10.4. The van der Waals surface area contributed by atoms with Crippen molar-refractivity contribution in [1.29, 1.82) is 0 Å². The molecule has 13 heteroatoms. The van der Waals surface area contributed by atoms with Gasteiger partial charge in [0.2, 0.25) is 0 Å². The van der Waals surface area contributed by atoms with E-state index in [1.54, 1.807) is 20.3 Å². The Morgan fingerprint density at radius 1 is 1.43 bits per heavy atom. The van der Waals surface area contributed by atoms with Gasteiger partial charge in [0.25, 0.3) is 10.2 Å². The van der Waals surface area contributed by atoms with Crippen molar-refractivity contribution in [2.75, 3.05) is 33.8 Å². The molecule has 9 nitrogen and oxygen atoms in total. The minimum absolute atomic E-state index is 0.0148. The summed E-state index contributed by atoms with van der Waals surface area (Å²) in [5, 5.41) is 7.12. The molecule has 170 valence electrons. The van der Waals surface area contributed by atoms with E-state index in [-0.39, 0.29) is 6.10 Å². The lowest BCUT2D eigenvalue weighted by atomic mass is 9.98. The van der Waals surface area contributed by atoms with Crippen molar-refractivity contribution in [3.63, 3.8) is 0 Å². The maximum absolute atomic E-state index is 12.2. The van der Waals surface area contributed by atoms with Gasteiger partial charge in [-0.3, -0.25) is 4.98 Å². The summed E-state index contributed by atoms with van der Waals surface area (Å²) in [4.78, 5) is 13.1. The van der Waals surface area contributed by atoms with Crippen LogP contribution in [0.5, 0.6) is 0 Å². The smallest absolute Gasteiger partial charge is 0.475 e. The third kappa shape index (κ3) is 6.35. The molecule has 1 aromatic rings. The van der Waals surface area contributed by atoms with Crippen LogP contribution in [0.25, 0.3) is 0 Å². The SMILES string of the molecule is CN(C)S(=O)(=O)N1CC[C@]2(C[C@H](OCc3ccccn3)CO2)C1.O=C(O)C(F)(F)F. The molecule has 0 aromatic carbocycles. The number of hydrogen-bond acceptors (Lipinski definition) is 6. The molecule has 1 N–H and O–H groups in total. The number of carboxylic acids is 1. The molecule has 0 aliphatic carbocycles. The molecule has 2 aliphatic rings. The molecule has 2 atom stereocenters. The lowest BCUT2D eigenvalue weighted by Gasteiger charge is -2.24. The molecule has 0 bridgehead atoms. The van der Waals surface area contributed by atoms with E-state index in [0.717, 1.165) is 12.1 Å². The number of rotatable bonds is 5. The van der Waals surface area contributed by atoms with Crippen molar-refractivity contribution in [3.8, 4) is 0 Å². The Hall–Kier alpha value is -1.80. The quantitative estimate of drug-likeness (QED) is 0.712. The van der Waals surface area contributed by atoms with Gasteiger partial charge >= 0.3 is 12.1 Å². The number of pyridine rings is 1. The monoisotopic (exact) mass is 455 g/mol. The van der Waals surface area contributed by atoms with Crippen LogP contribution in [-0.4, -0.2) is 84.8 Å². The fourth-order valence-electron chi connectivity index (χ4n) is 3.12. The lowest BCUT2D eigenvalue weighted by Crippen LogP contribution is -2.41. The van der Waals surface area contributed by atoms with E-state index in [0.29, 0.717) is 32.7 Å². The highest BCUT2D eigenvalue weighted by molar-refractivity contribution is 7.86. The summed E-state index contributed by atoms with van der Waals surface area (Å²) in [7, 11) is -0.277. The van der Waals surface area contributed by atoms with Gasteiger partial charge in [-0.05, 0) is 18.6 Å². The minimum Gasteiger partial charge on any atom is -0.475 e. The number of halogens is 3. The fourth-order valence-corrected chi connectivity index (χ4v) is 4.30. The number of hydrogen-bond donors (Lipinski definition) is 1. The van der Waals surface area contributed by atoms with Crippen LogP contribution in [0.2, 0.25) is 0 Å². The van der Waals surface area contributed by atoms with E-state index in [1.165, 1.54) is 8.61 Å². The van der Waals surface area contributed by atoms with Gasteiger partial charge < -0.3 is 14.6 Å². The summed E-state index contributed by atoms with van der Waals surface area (Å²) in [5.74, 6) is -2.76. The predicted molar refractivity (Wildman–Crippen MR) is 98.6 cm³/mol. The van der Waals surface area contributed by atoms with E-state index in [1.807, 2.05) is 18.2 Å². The molecule has 30 heavy (non-hydrogen) atoms. The molecule has 3 rings (SSSR count). The van der Waals surface area contributed by atoms with Crippen LogP contribution in [0.4, 0.5) is 13.2 Å². The lowest BCUT2D eigenvalue weighted by molar-refractivity contribution is -0.192. The van der Waals surface area contributed by atoms with Gasteiger partial charge in [-0.25, -0.2) is 4.79 Å². The molecule has 0 amide bonds. The Morgan fingerprint density at radius 3 is 2.63 bits per heavy atom. The minimum atomic E-state index is -5.08. The second kappa shape index (κ2) is 9.56. The van der Waals surface area contributed by atoms with Crippen LogP contribution in [0.1, 0.15) is 18.5 Å². The molecular weight excluding hydrogens is 431 g/mol. The standard InChI is InChI=1S/C15H23N3O4S.C2HF3O2/c1-17(2)23(19,20)18-8-6-15(12-18)9-14(11-22-15)21-10-13-5-3-4-7-16-13;3-2(4,5)1(6)7/h3-5,7,14H,6,8-12H2,1-2H3;(H,6,7)/t14-,15-;/m0./s1. The van der Waals surface area contributed by atoms with Crippen LogP contribution in [0, 0.1) is 0 Å². The topological polar surface area (TPSA) is 109 Å². The second-order valence-electron chi connectivity index (χ2n) is 7.13. The number of carbonyl (C=O) groups is 1. The number of nitrogens with zero attached hydrogens (tertiary/aromatic N) is 3. The maximum Gasteiger partial charge on any atom is 0.490 e. The molecule has 0 radical (unpaired) electrons. The van der Waals surface area contributed by atoms with E-state index in [4.69, 9.17) is 19.4 Å². The van der Waals surface area contributed by atoms with Gasteiger partial charge in [-0.2, -0.15) is 30.2 Å². The van der Waals surface area contributed by atoms with Crippen molar-refractivity contribution in [3.05, 3.63) is 30.1 Å². The van der Waals surface area contributed by atoms with Crippen molar-refractivity contribution >= 4 is 16.2 Å². The van der Waals surface area contributed by atoms with E-state index in [9.17, 15) is 21.6 Å². The summed E-state index contributed by atoms with van der Waals surface area (Å²) in [6.45, 7) is 1.85. The number of aliphatic carboxylic acids is 1.